The largest absolute Gasteiger partial charge is 0.465 e. The lowest BCUT2D eigenvalue weighted by atomic mass is 9.93. The molecule has 0 aromatic carbocycles. The maximum Gasteiger partial charge on any atom is 0.341 e. The van der Waals surface area contributed by atoms with Crippen LogP contribution in [0, 0.1) is 0 Å². The molecule has 0 aliphatic carbocycles. The smallest absolute Gasteiger partial charge is 0.341 e. The molecule has 4 heteroatoms. The monoisotopic (exact) mass is 212 g/mol. The lowest BCUT2D eigenvalue weighted by molar-refractivity contribution is 0.0594. The first kappa shape index (κ1) is 11.8. The molecule has 0 radical (unpaired) electrons. The molecule has 0 saturated carbocycles. The number of aliphatic hydroxyl groups excluding tert-OH is 1. The number of esters is 1. The van der Waals surface area contributed by atoms with E-state index in [0.717, 1.165) is 0 Å². The maximum absolute atomic E-state index is 11.3. The summed E-state index contributed by atoms with van der Waals surface area (Å²) in [7, 11) is 1.30. The van der Waals surface area contributed by atoms with Crippen molar-refractivity contribution in [2.45, 2.75) is 32.8 Å². The van der Waals surface area contributed by atoms with Gasteiger partial charge in [-0.1, -0.05) is 20.8 Å². The van der Waals surface area contributed by atoms with E-state index in [9.17, 15) is 4.79 Å². The molecule has 1 aromatic rings. The zero-order valence-corrected chi connectivity index (χ0v) is 9.46. The molecular weight excluding hydrogens is 196 g/mol. The van der Waals surface area contributed by atoms with Crippen LogP contribution in [0.1, 0.15) is 42.6 Å². The standard InChI is InChI=1S/C11H16O4/c1-11(2,3)9-5-7(10(13)14-4)8(6-12)15-9/h5,12H,6H2,1-4H3. The van der Waals surface area contributed by atoms with Gasteiger partial charge in [-0.25, -0.2) is 4.79 Å². The van der Waals surface area contributed by atoms with Crippen LogP contribution in [0.25, 0.3) is 0 Å². The van der Waals surface area contributed by atoms with E-state index in [-0.39, 0.29) is 17.8 Å². The molecule has 0 bridgehead atoms. The average molecular weight is 212 g/mol. The minimum absolute atomic E-state index is 0.198. The number of rotatable bonds is 2. The molecule has 84 valence electrons. The Balaban J connectivity index is 3.17. The van der Waals surface area contributed by atoms with Crippen LogP contribution in [-0.4, -0.2) is 18.2 Å². The van der Waals surface area contributed by atoms with Gasteiger partial charge in [0.1, 0.15) is 23.7 Å². The predicted molar refractivity (Wildman–Crippen MR) is 54.7 cm³/mol. The van der Waals surface area contributed by atoms with Gasteiger partial charge in [0.25, 0.3) is 0 Å². The summed E-state index contributed by atoms with van der Waals surface area (Å²) in [5.41, 5.74) is 0.0980. The van der Waals surface area contributed by atoms with E-state index in [1.165, 1.54) is 7.11 Å². The second kappa shape index (κ2) is 4.06. The van der Waals surface area contributed by atoms with Gasteiger partial charge in [0, 0.05) is 5.41 Å². The Morgan fingerprint density at radius 3 is 2.53 bits per heavy atom. The SMILES string of the molecule is COC(=O)c1cc(C(C)(C)C)oc1CO. The van der Waals surface area contributed by atoms with Crippen LogP contribution < -0.4 is 0 Å². The number of carbonyl (C=O) groups excluding carboxylic acids is 1. The van der Waals surface area contributed by atoms with E-state index >= 15 is 0 Å². The lowest BCUT2D eigenvalue weighted by Gasteiger charge is -2.13. The van der Waals surface area contributed by atoms with Crippen LogP contribution in [0.3, 0.4) is 0 Å². The number of methoxy groups -OCH3 is 1. The Labute approximate surface area is 88.8 Å². The lowest BCUT2D eigenvalue weighted by Crippen LogP contribution is -2.09. The van der Waals surface area contributed by atoms with Crippen molar-refractivity contribution in [3.63, 3.8) is 0 Å². The summed E-state index contributed by atoms with van der Waals surface area (Å²) >= 11 is 0. The quantitative estimate of drug-likeness (QED) is 0.760. The minimum atomic E-state index is -0.488. The third-order valence-corrected chi connectivity index (χ3v) is 2.10. The van der Waals surface area contributed by atoms with Crippen molar-refractivity contribution in [2.24, 2.45) is 0 Å². The van der Waals surface area contributed by atoms with E-state index < -0.39 is 5.97 Å². The second-order valence-electron chi connectivity index (χ2n) is 4.35. The molecule has 0 saturated heterocycles. The zero-order valence-electron chi connectivity index (χ0n) is 9.46. The van der Waals surface area contributed by atoms with Crippen LogP contribution in [0.4, 0.5) is 0 Å². The van der Waals surface area contributed by atoms with Gasteiger partial charge < -0.3 is 14.3 Å². The molecular formula is C11H16O4. The highest BCUT2D eigenvalue weighted by atomic mass is 16.5. The van der Waals surface area contributed by atoms with E-state index in [1.54, 1.807) is 6.07 Å². The Morgan fingerprint density at radius 2 is 2.13 bits per heavy atom. The fraction of sp³-hybridized carbons (Fsp3) is 0.545. The first-order valence-corrected chi connectivity index (χ1v) is 4.72. The normalized spacial score (nSPS) is 11.5. The molecule has 4 nitrogen and oxygen atoms in total. The summed E-state index contributed by atoms with van der Waals surface area (Å²) < 4.78 is 10.00. The van der Waals surface area contributed by atoms with Crippen molar-refractivity contribution in [3.05, 3.63) is 23.2 Å². The average Bonchev–Trinajstić information content (AvgIpc) is 2.59. The van der Waals surface area contributed by atoms with E-state index in [1.807, 2.05) is 20.8 Å². The number of furan rings is 1. The summed E-state index contributed by atoms with van der Waals surface area (Å²) in [6.07, 6.45) is 0. The van der Waals surface area contributed by atoms with E-state index in [4.69, 9.17) is 9.52 Å². The van der Waals surface area contributed by atoms with Gasteiger partial charge in [-0.3, -0.25) is 0 Å². The molecule has 1 aromatic heterocycles. The Bertz CT molecular complexity index is 357. The van der Waals surface area contributed by atoms with Gasteiger partial charge in [0.2, 0.25) is 0 Å². The molecule has 0 fully saturated rings. The van der Waals surface area contributed by atoms with Gasteiger partial charge in [0.15, 0.2) is 0 Å². The van der Waals surface area contributed by atoms with Crippen LogP contribution >= 0.6 is 0 Å². The molecule has 0 aliphatic rings. The fourth-order valence-electron chi connectivity index (χ4n) is 1.20. The Morgan fingerprint density at radius 1 is 1.53 bits per heavy atom. The maximum atomic E-state index is 11.3. The molecule has 0 spiro atoms. The Kier molecular flexibility index (Phi) is 3.19. The Hall–Kier alpha value is -1.29. The van der Waals surface area contributed by atoms with Gasteiger partial charge in [0.05, 0.1) is 7.11 Å². The number of carbonyl (C=O) groups is 1. The highest BCUT2D eigenvalue weighted by molar-refractivity contribution is 5.90. The summed E-state index contributed by atoms with van der Waals surface area (Å²) in [4.78, 5) is 11.3. The van der Waals surface area contributed by atoms with Crippen molar-refractivity contribution < 1.29 is 19.1 Å². The molecule has 15 heavy (non-hydrogen) atoms. The summed E-state index contributed by atoms with van der Waals surface area (Å²) in [5, 5.41) is 9.04. The third kappa shape index (κ3) is 2.39. The molecule has 1 N–H and O–H groups in total. The van der Waals surface area contributed by atoms with Crippen molar-refractivity contribution in [1.82, 2.24) is 0 Å². The molecule has 0 amide bonds. The predicted octanol–water partition coefficient (Wildman–Crippen LogP) is 1.86. The van der Waals surface area contributed by atoms with Crippen molar-refractivity contribution in [2.75, 3.05) is 7.11 Å². The van der Waals surface area contributed by atoms with Crippen LogP contribution in [0.15, 0.2) is 10.5 Å². The van der Waals surface area contributed by atoms with Gasteiger partial charge in [-0.05, 0) is 6.07 Å². The summed E-state index contributed by atoms with van der Waals surface area (Å²) in [6, 6.07) is 1.62. The van der Waals surface area contributed by atoms with Gasteiger partial charge >= 0.3 is 5.97 Å². The van der Waals surface area contributed by atoms with Crippen LogP contribution in [0.5, 0.6) is 0 Å². The zero-order chi connectivity index (χ0) is 11.6. The van der Waals surface area contributed by atoms with Gasteiger partial charge in [-0.15, -0.1) is 0 Å². The second-order valence-corrected chi connectivity index (χ2v) is 4.35. The molecule has 0 unspecified atom stereocenters. The van der Waals surface area contributed by atoms with Crippen LogP contribution in [0.2, 0.25) is 0 Å². The molecule has 1 heterocycles. The van der Waals surface area contributed by atoms with E-state index in [2.05, 4.69) is 4.74 Å². The first-order chi connectivity index (χ1) is 6.90. The molecule has 1 rings (SSSR count). The van der Waals surface area contributed by atoms with Crippen LogP contribution in [-0.2, 0) is 16.8 Å². The number of hydrogen-bond acceptors (Lipinski definition) is 4. The number of aliphatic hydroxyl groups is 1. The fourth-order valence-corrected chi connectivity index (χ4v) is 1.20. The van der Waals surface area contributed by atoms with Crippen molar-refractivity contribution in [1.29, 1.82) is 0 Å². The van der Waals surface area contributed by atoms with Crippen molar-refractivity contribution >= 4 is 5.97 Å². The van der Waals surface area contributed by atoms with E-state index in [0.29, 0.717) is 11.3 Å². The van der Waals surface area contributed by atoms with Gasteiger partial charge in [-0.2, -0.15) is 0 Å². The highest BCUT2D eigenvalue weighted by Gasteiger charge is 2.24. The molecule has 0 aliphatic heterocycles. The topological polar surface area (TPSA) is 59.7 Å². The summed E-state index contributed by atoms with van der Waals surface area (Å²) in [6.45, 7) is 5.59. The molecule has 0 atom stereocenters. The highest BCUT2D eigenvalue weighted by Crippen LogP contribution is 2.27. The summed E-state index contributed by atoms with van der Waals surface area (Å²) in [5.74, 6) is 0.428. The van der Waals surface area contributed by atoms with Crippen molar-refractivity contribution in [3.8, 4) is 0 Å². The number of hydrogen-bond donors (Lipinski definition) is 1. The minimum Gasteiger partial charge on any atom is -0.465 e. The third-order valence-electron chi connectivity index (χ3n) is 2.10. The first-order valence-electron chi connectivity index (χ1n) is 4.72. The number of ether oxygens (including phenoxy) is 1.